The Hall–Kier alpha value is -1.10. The molecular weight excluding hydrogens is 311 g/mol. The highest BCUT2D eigenvalue weighted by Gasteiger charge is 2.56. The number of alkyl halides is 1. The monoisotopic (exact) mass is 324 g/mol. The topological polar surface area (TPSA) is 32.3 Å². The summed E-state index contributed by atoms with van der Waals surface area (Å²) < 4.78 is 14.9. The zero-order valence-electron chi connectivity index (χ0n) is 10.3. The van der Waals surface area contributed by atoms with E-state index >= 15 is 0 Å². The minimum absolute atomic E-state index is 0.0679. The zero-order chi connectivity index (χ0) is 13.2. The summed E-state index contributed by atoms with van der Waals surface area (Å²) in [6, 6.07) is 6.15. The zero-order valence-corrected chi connectivity index (χ0v) is 11.9. The maximum atomic E-state index is 13.8. The van der Waals surface area contributed by atoms with Crippen LogP contribution in [-0.2, 0) is 6.42 Å². The van der Waals surface area contributed by atoms with Crippen molar-refractivity contribution in [1.82, 2.24) is 10.2 Å². The SMILES string of the molecule is O=C1NC2(F)CC(C2)N1C1CCc2cc(Br)ccc21. The molecule has 0 radical (unpaired) electrons. The second-order valence-corrected chi connectivity index (χ2v) is 6.68. The average Bonchev–Trinajstić information content (AvgIpc) is 2.69. The number of amides is 2. The molecule has 2 bridgehead atoms. The van der Waals surface area contributed by atoms with E-state index in [1.165, 1.54) is 11.1 Å². The number of hydrogen-bond acceptors (Lipinski definition) is 1. The van der Waals surface area contributed by atoms with Crippen molar-refractivity contribution in [3.63, 3.8) is 0 Å². The number of nitrogens with one attached hydrogen (secondary N) is 1. The Kier molecular flexibility index (Phi) is 2.29. The first-order valence-corrected chi connectivity index (χ1v) is 7.43. The highest BCUT2D eigenvalue weighted by atomic mass is 79.9. The average molecular weight is 325 g/mol. The van der Waals surface area contributed by atoms with Crippen LogP contribution in [0.5, 0.6) is 0 Å². The lowest BCUT2D eigenvalue weighted by Gasteiger charge is -2.54. The van der Waals surface area contributed by atoms with E-state index in [1.807, 2.05) is 11.0 Å². The number of nitrogens with zero attached hydrogens (tertiary/aromatic N) is 1. The Morgan fingerprint density at radius 1 is 1.42 bits per heavy atom. The predicted octanol–water partition coefficient (Wildman–Crippen LogP) is 3.29. The maximum Gasteiger partial charge on any atom is 0.320 e. The molecule has 3 nitrogen and oxygen atoms in total. The molecule has 2 amide bonds. The molecule has 2 heterocycles. The van der Waals surface area contributed by atoms with E-state index in [0.29, 0.717) is 12.8 Å². The van der Waals surface area contributed by atoms with Gasteiger partial charge in [-0.25, -0.2) is 9.18 Å². The van der Waals surface area contributed by atoms with Crippen molar-refractivity contribution in [3.8, 4) is 0 Å². The number of aryl methyl sites for hydroxylation is 1. The van der Waals surface area contributed by atoms with Gasteiger partial charge < -0.3 is 10.2 Å². The Labute approximate surface area is 119 Å². The highest BCUT2D eigenvalue weighted by Crippen LogP contribution is 2.47. The van der Waals surface area contributed by atoms with Crippen LogP contribution in [0.2, 0.25) is 0 Å². The Morgan fingerprint density at radius 3 is 2.95 bits per heavy atom. The molecule has 5 rings (SSSR count). The number of halogens is 2. The molecular formula is C14H14BrFN2O. The molecule has 1 aromatic carbocycles. The van der Waals surface area contributed by atoms with E-state index in [-0.39, 0.29) is 18.1 Å². The molecule has 2 aliphatic heterocycles. The summed E-state index contributed by atoms with van der Waals surface area (Å²) in [4.78, 5) is 13.9. The van der Waals surface area contributed by atoms with Crippen LogP contribution >= 0.6 is 15.9 Å². The molecule has 2 aliphatic carbocycles. The van der Waals surface area contributed by atoms with Crippen molar-refractivity contribution < 1.29 is 9.18 Å². The van der Waals surface area contributed by atoms with Crippen LogP contribution in [0.1, 0.15) is 36.4 Å². The lowest BCUT2D eigenvalue weighted by Crippen LogP contribution is -2.71. The largest absolute Gasteiger partial charge is 0.320 e. The second-order valence-electron chi connectivity index (χ2n) is 5.76. The Bertz CT molecular complexity index is 571. The van der Waals surface area contributed by atoms with Crippen molar-refractivity contribution in [2.24, 2.45) is 0 Å². The molecule has 4 aliphatic rings. The minimum atomic E-state index is -1.43. The molecule has 5 heteroatoms. The molecule has 1 unspecified atom stereocenters. The standard InChI is InChI=1S/C14H14BrFN2O/c15-9-2-3-11-8(5-9)1-4-12(11)18-10-6-14(16,7-10)17-13(18)19/h2-3,5,10,12H,1,4,6-7H2,(H,17,19). The second kappa shape index (κ2) is 3.72. The van der Waals surface area contributed by atoms with Crippen LogP contribution in [0.15, 0.2) is 22.7 Å². The molecule has 19 heavy (non-hydrogen) atoms. The van der Waals surface area contributed by atoms with E-state index in [4.69, 9.17) is 0 Å². The van der Waals surface area contributed by atoms with Crippen LogP contribution < -0.4 is 5.32 Å². The van der Waals surface area contributed by atoms with Gasteiger partial charge in [0.25, 0.3) is 0 Å². The van der Waals surface area contributed by atoms with Crippen LogP contribution in [0.25, 0.3) is 0 Å². The van der Waals surface area contributed by atoms with Gasteiger partial charge in [-0.3, -0.25) is 0 Å². The molecule has 1 N–H and O–H groups in total. The van der Waals surface area contributed by atoms with Crippen LogP contribution in [0.3, 0.4) is 0 Å². The van der Waals surface area contributed by atoms with Gasteiger partial charge in [-0.1, -0.05) is 22.0 Å². The summed E-state index contributed by atoms with van der Waals surface area (Å²) in [7, 11) is 0. The number of hydrogen-bond donors (Lipinski definition) is 1. The van der Waals surface area contributed by atoms with Gasteiger partial charge >= 0.3 is 6.03 Å². The maximum absolute atomic E-state index is 13.8. The van der Waals surface area contributed by atoms with Gasteiger partial charge in [-0.05, 0) is 36.1 Å². The minimum Gasteiger partial charge on any atom is -0.314 e. The van der Waals surface area contributed by atoms with Gasteiger partial charge in [-0.2, -0.15) is 0 Å². The van der Waals surface area contributed by atoms with E-state index in [9.17, 15) is 9.18 Å². The van der Waals surface area contributed by atoms with Gasteiger partial charge in [0.05, 0.1) is 6.04 Å². The third-order valence-corrected chi connectivity index (χ3v) is 5.06. The number of benzene rings is 1. The van der Waals surface area contributed by atoms with Crippen molar-refractivity contribution in [1.29, 1.82) is 0 Å². The normalized spacial score (nSPS) is 35.7. The summed E-state index contributed by atoms with van der Waals surface area (Å²) in [5.74, 6) is -1.43. The molecule has 0 aromatic heterocycles. The van der Waals surface area contributed by atoms with Crippen LogP contribution in [0.4, 0.5) is 9.18 Å². The lowest BCUT2D eigenvalue weighted by molar-refractivity contribution is -0.0791. The fourth-order valence-corrected chi connectivity index (χ4v) is 4.07. The van der Waals surface area contributed by atoms with E-state index in [2.05, 4.69) is 33.4 Å². The van der Waals surface area contributed by atoms with E-state index in [1.54, 1.807) is 0 Å². The highest BCUT2D eigenvalue weighted by molar-refractivity contribution is 9.10. The summed E-state index contributed by atoms with van der Waals surface area (Å²) in [5.41, 5.74) is 2.51. The van der Waals surface area contributed by atoms with Gasteiger partial charge in [0, 0.05) is 23.4 Å². The first-order chi connectivity index (χ1) is 9.06. The Morgan fingerprint density at radius 2 is 2.21 bits per heavy atom. The summed E-state index contributed by atoms with van der Waals surface area (Å²) >= 11 is 3.48. The molecule has 1 saturated carbocycles. The van der Waals surface area contributed by atoms with Crippen molar-refractivity contribution in [2.75, 3.05) is 0 Å². The quantitative estimate of drug-likeness (QED) is 0.790. The smallest absolute Gasteiger partial charge is 0.314 e. The van der Waals surface area contributed by atoms with Gasteiger partial charge in [0.2, 0.25) is 0 Å². The van der Waals surface area contributed by atoms with Gasteiger partial charge in [0.1, 0.15) is 0 Å². The van der Waals surface area contributed by atoms with E-state index < -0.39 is 5.79 Å². The molecule has 3 fully saturated rings. The molecule has 1 aromatic rings. The van der Waals surface area contributed by atoms with Crippen molar-refractivity contribution in [3.05, 3.63) is 33.8 Å². The fourth-order valence-electron chi connectivity index (χ4n) is 3.66. The Balaban J connectivity index is 1.67. The van der Waals surface area contributed by atoms with E-state index in [0.717, 1.165) is 17.3 Å². The van der Waals surface area contributed by atoms with Gasteiger partial charge in [0.15, 0.2) is 5.79 Å². The fraction of sp³-hybridized carbons (Fsp3) is 0.500. The molecule has 100 valence electrons. The molecule has 1 atom stereocenters. The third-order valence-electron chi connectivity index (χ3n) is 4.56. The number of carbonyl (C=O) groups excluding carboxylic acids is 1. The first-order valence-electron chi connectivity index (χ1n) is 6.63. The predicted molar refractivity (Wildman–Crippen MR) is 72.4 cm³/mol. The van der Waals surface area contributed by atoms with Crippen molar-refractivity contribution >= 4 is 22.0 Å². The first kappa shape index (κ1) is 11.7. The third kappa shape index (κ3) is 1.64. The summed E-state index contributed by atoms with van der Waals surface area (Å²) in [6.45, 7) is 0. The van der Waals surface area contributed by atoms with Crippen LogP contribution in [0, 0.1) is 0 Å². The number of rotatable bonds is 1. The molecule has 2 saturated heterocycles. The van der Waals surface area contributed by atoms with Crippen molar-refractivity contribution in [2.45, 2.75) is 43.6 Å². The number of fused-ring (bicyclic) bond motifs is 3. The number of urea groups is 1. The number of carbonyl (C=O) groups is 1. The molecule has 0 spiro atoms. The summed E-state index contributed by atoms with van der Waals surface area (Å²) in [6.07, 6.45) is 2.79. The lowest BCUT2D eigenvalue weighted by atomic mass is 9.79. The van der Waals surface area contributed by atoms with Crippen LogP contribution in [-0.4, -0.2) is 22.8 Å². The summed E-state index contributed by atoms with van der Waals surface area (Å²) in [5, 5.41) is 2.50. The van der Waals surface area contributed by atoms with Gasteiger partial charge in [-0.15, -0.1) is 0 Å².